The van der Waals surface area contributed by atoms with Gasteiger partial charge in [-0.15, -0.1) is 0 Å². The number of carbonyl (C=O) groups is 3. The number of carbonyl (C=O) groups excluding carboxylic acids is 3. The highest BCUT2D eigenvalue weighted by atomic mass is 16.5. The van der Waals surface area contributed by atoms with Gasteiger partial charge >= 0.3 is 5.97 Å². The maximum atomic E-state index is 12.4. The van der Waals surface area contributed by atoms with Gasteiger partial charge in [-0.05, 0) is 49.2 Å². The van der Waals surface area contributed by atoms with Crippen LogP contribution in [0.3, 0.4) is 0 Å². The summed E-state index contributed by atoms with van der Waals surface area (Å²) < 4.78 is 10.9. The second kappa shape index (κ2) is 9.30. The first-order valence-electron chi connectivity index (χ1n) is 10.1. The van der Waals surface area contributed by atoms with Crippen molar-refractivity contribution in [2.75, 3.05) is 19.7 Å². The number of amides is 1. The quantitative estimate of drug-likeness (QED) is 0.461. The highest BCUT2D eigenvalue weighted by Gasteiger charge is 2.22. The molecule has 0 spiro atoms. The molecule has 0 unspecified atom stereocenters. The highest BCUT2D eigenvalue weighted by Crippen LogP contribution is 2.22. The van der Waals surface area contributed by atoms with Crippen LogP contribution in [0.15, 0.2) is 66.9 Å². The monoisotopic (exact) mass is 418 g/mol. The predicted octanol–water partition coefficient (Wildman–Crippen LogP) is 4.08. The molecule has 1 N–H and O–H groups in total. The summed E-state index contributed by atoms with van der Waals surface area (Å²) in [5.41, 5.74) is 0.944. The molecule has 1 aliphatic heterocycles. The van der Waals surface area contributed by atoms with Crippen molar-refractivity contribution in [1.29, 1.82) is 0 Å². The zero-order valence-corrected chi connectivity index (χ0v) is 16.9. The Hall–Kier alpha value is -3.87. The third-order valence-electron chi connectivity index (χ3n) is 5.01. The molecule has 0 bridgehead atoms. The Kier molecular flexibility index (Phi) is 6.12. The molecule has 1 saturated heterocycles. The topological polar surface area (TPSA) is 88.7 Å². The van der Waals surface area contributed by atoms with E-state index in [2.05, 4.69) is 4.98 Å². The molecular formula is C24H22N2O5. The lowest BCUT2D eigenvalue weighted by atomic mass is 10.2. The SMILES string of the molecule is O=C(COC(=O)c1cccc(Oc2ccccc2)c1)c1c[nH]c(C(=O)N2CCCC2)c1. The summed E-state index contributed by atoms with van der Waals surface area (Å²) >= 11 is 0. The van der Waals surface area contributed by atoms with Crippen LogP contribution in [0.4, 0.5) is 0 Å². The number of para-hydroxylation sites is 1. The number of esters is 1. The molecule has 0 atom stereocenters. The van der Waals surface area contributed by atoms with Gasteiger partial charge in [0.05, 0.1) is 5.56 Å². The summed E-state index contributed by atoms with van der Waals surface area (Å²) in [4.78, 5) is 41.8. The van der Waals surface area contributed by atoms with Gasteiger partial charge < -0.3 is 19.4 Å². The summed E-state index contributed by atoms with van der Waals surface area (Å²) in [6, 6.07) is 17.3. The van der Waals surface area contributed by atoms with Crippen LogP contribution in [0, 0.1) is 0 Å². The lowest BCUT2D eigenvalue weighted by Crippen LogP contribution is -2.27. The van der Waals surface area contributed by atoms with Gasteiger partial charge in [-0.1, -0.05) is 24.3 Å². The molecule has 1 aliphatic rings. The minimum Gasteiger partial charge on any atom is -0.457 e. The summed E-state index contributed by atoms with van der Waals surface area (Å²) in [7, 11) is 0. The second-order valence-electron chi connectivity index (χ2n) is 7.24. The van der Waals surface area contributed by atoms with Crippen LogP contribution in [-0.4, -0.2) is 47.2 Å². The van der Waals surface area contributed by atoms with Crippen molar-refractivity contribution in [3.05, 3.63) is 83.7 Å². The molecule has 2 aromatic carbocycles. The number of aromatic nitrogens is 1. The molecule has 3 aromatic rings. The maximum Gasteiger partial charge on any atom is 0.338 e. The molecule has 4 rings (SSSR count). The average Bonchev–Trinajstić information content (AvgIpc) is 3.50. The number of nitrogens with one attached hydrogen (secondary N) is 1. The molecule has 0 radical (unpaired) electrons. The van der Waals surface area contributed by atoms with E-state index >= 15 is 0 Å². The Balaban J connectivity index is 1.34. The Morgan fingerprint density at radius 1 is 0.871 bits per heavy atom. The first-order chi connectivity index (χ1) is 15.1. The minimum atomic E-state index is -0.629. The van der Waals surface area contributed by atoms with Crippen LogP contribution in [-0.2, 0) is 4.74 Å². The standard InChI is InChI=1S/C24H22N2O5/c27-22(18-14-21(25-15-18)23(28)26-11-4-5-12-26)16-30-24(29)17-7-6-10-20(13-17)31-19-8-2-1-3-9-19/h1-3,6-10,13-15,25H,4-5,11-12,16H2. The van der Waals surface area contributed by atoms with E-state index in [0.717, 1.165) is 25.9 Å². The van der Waals surface area contributed by atoms with E-state index in [1.165, 1.54) is 12.3 Å². The molecule has 7 nitrogen and oxygen atoms in total. The number of hydrogen-bond donors (Lipinski definition) is 1. The van der Waals surface area contributed by atoms with E-state index in [4.69, 9.17) is 9.47 Å². The molecule has 31 heavy (non-hydrogen) atoms. The van der Waals surface area contributed by atoms with Crippen molar-refractivity contribution < 1.29 is 23.9 Å². The number of aromatic amines is 1. The third-order valence-corrected chi connectivity index (χ3v) is 5.01. The van der Waals surface area contributed by atoms with Gasteiger partial charge in [0.1, 0.15) is 17.2 Å². The number of Topliss-reactive ketones (excluding diaryl/α,β-unsaturated/α-hetero) is 1. The number of nitrogens with zero attached hydrogens (tertiary/aromatic N) is 1. The van der Waals surface area contributed by atoms with Crippen molar-refractivity contribution >= 4 is 17.7 Å². The highest BCUT2D eigenvalue weighted by molar-refractivity contribution is 6.02. The minimum absolute atomic E-state index is 0.122. The van der Waals surface area contributed by atoms with E-state index in [1.54, 1.807) is 29.2 Å². The lowest BCUT2D eigenvalue weighted by Gasteiger charge is -2.13. The molecule has 7 heteroatoms. The lowest BCUT2D eigenvalue weighted by molar-refractivity contribution is 0.0474. The summed E-state index contributed by atoms with van der Waals surface area (Å²) in [5.74, 6) is -0.00101. The van der Waals surface area contributed by atoms with Gasteiger partial charge in [-0.2, -0.15) is 0 Å². The zero-order chi connectivity index (χ0) is 21.6. The van der Waals surface area contributed by atoms with Gasteiger partial charge in [0, 0.05) is 24.8 Å². The second-order valence-corrected chi connectivity index (χ2v) is 7.24. The zero-order valence-electron chi connectivity index (χ0n) is 16.9. The van der Waals surface area contributed by atoms with Crippen molar-refractivity contribution in [3.63, 3.8) is 0 Å². The summed E-state index contributed by atoms with van der Waals surface area (Å²) in [6.45, 7) is 1.04. The summed E-state index contributed by atoms with van der Waals surface area (Å²) in [6.07, 6.45) is 3.45. The van der Waals surface area contributed by atoms with Gasteiger partial charge in [0.2, 0.25) is 5.78 Å². The largest absolute Gasteiger partial charge is 0.457 e. The fraction of sp³-hybridized carbons (Fsp3) is 0.208. The van der Waals surface area contributed by atoms with Crippen LogP contribution < -0.4 is 4.74 Å². The van der Waals surface area contributed by atoms with Gasteiger partial charge in [-0.3, -0.25) is 9.59 Å². The molecule has 1 aromatic heterocycles. The number of likely N-dealkylation sites (tertiary alicyclic amines) is 1. The van der Waals surface area contributed by atoms with Crippen LogP contribution >= 0.6 is 0 Å². The van der Waals surface area contributed by atoms with Crippen LogP contribution in [0.1, 0.15) is 44.0 Å². The van der Waals surface area contributed by atoms with E-state index in [0.29, 0.717) is 22.8 Å². The molecular weight excluding hydrogens is 396 g/mol. The Morgan fingerprint density at radius 3 is 2.39 bits per heavy atom. The van der Waals surface area contributed by atoms with E-state index in [9.17, 15) is 14.4 Å². The Morgan fingerprint density at radius 2 is 1.61 bits per heavy atom. The molecule has 0 aliphatic carbocycles. The molecule has 1 fully saturated rings. The normalized spacial score (nSPS) is 13.1. The average molecular weight is 418 g/mol. The predicted molar refractivity (Wildman–Crippen MR) is 114 cm³/mol. The van der Waals surface area contributed by atoms with Crippen molar-refractivity contribution in [2.45, 2.75) is 12.8 Å². The number of ketones is 1. The van der Waals surface area contributed by atoms with E-state index in [1.807, 2.05) is 30.3 Å². The Labute approximate surface area is 179 Å². The first kappa shape index (κ1) is 20.4. The van der Waals surface area contributed by atoms with Crippen molar-refractivity contribution in [3.8, 4) is 11.5 Å². The van der Waals surface area contributed by atoms with E-state index < -0.39 is 12.6 Å². The van der Waals surface area contributed by atoms with Crippen LogP contribution in [0.2, 0.25) is 0 Å². The molecule has 158 valence electrons. The number of hydrogen-bond acceptors (Lipinski definition) is 5. The number of H-pyrrole nitrogens is 1. The number of benzene rings is 2. The smallest absolute Gasteiger partial charge is 0.338 e. The molecule has 1 amide bonds. The van der Waals surface area contributed by atoms with E-state index in [-0.39, 0.29) is 17.3 Å². The Bertz CT molecular complexity index is 1080. The first-order valence-corrected chi connectivity index (χ1v) is 10.1. The number of ether oxygens (including phenoxy) is 2. The fourth-order valence-corrected chi connectivity index (χ4v) is 3.38. The molecule has 0 saturated carbocycles. The fourth-order valence-electron chi connectivity index (χ4n) is 3.38. The van der Waals surface area contributed by atoms with Gasteiger partial charge in [-0.25, -0.2) is 4.79 Å². The maximum absolute atomic E-state index is 12.4. The van der Waals surface area contributed by atoms with Crippen molar-refractivity contribution in [2.24, 2.45) is 0 Å². The summed E-state index contributed by atoms with van der Waals surface area (Å²) in [5, 5.41) is 0. The van der Waals surface area contributed by atoms with Crippen LogP contribution in [0.25, 0.3) is 0 Å². The van der Waals surface area contributed by atoms with Gasteiger partial charge in [0.15, 0.2) is 6.61 Å². The van der Waals surface area contributed by atoms with Crippen LogP contribution in [0.5, 0.6) is 11.5 Å². The molecule has 2 heterocycles. The van der Waals surface area contributed by atoms with Gasteiger partial charge in [0.25, 0.3) is 5.91 Å². The third kappa shape index (κ3) is 5.01. The van der Waals surface area contributed by atoms with Crippen molar-refractivity contribution in [1.82, 2.24) is 9.88 Å². The number of rotatable bonds is 7.